The van der Waals surface area contributed by atoms with E-state index in [9.17, 15) is 24.3 Å². The van der Waals surface area contributed by atoms with Crippen LogP contribution in [-0.2, 0) is 25.0 Å². The van der Waals surface area contributed by atoms with Crippen LogP contribution in [0.2, 0.25) is 5.02 Å². The minimum absolute atomic E-state index is 0.0155. The molecule has 1 aliphatic heterocycles. The summed E-state index contributed by atoms with van der Waals surface area (Å²) in [6.07, 6.45) is -0.823. The fourth-order valence-electron chi connectivity index (χ4n) is 6.11. The molecule has 13 heteroatoms. The molecule has 0 radical (unpaired) electrons. The summed E-state index contributed by atoms with van der Waals surface area (Å²) in [7, 11) is 0. The number of carbonyl (C=O) groups excluding carboxylic acids is 4. The molecule has 2 aromatic rings. The molecule has 4 rings (SSSR count). The summed E-state index contributed by atoms with van der Waals surface area (Å²) in [5.74, 6) is -5.87. The lowest BCUT2D eigenvalue weighted by atomic mass is 9.93. The Morgan fingerprint density at radius 2 is 1.74 bits per heavy atom. The number of alkyl halides is 2. The van der Waals surface area contributed by atoms with Gasteiger partial charge in [-0.2, -0.15) is 8.78 Å². The molecule has 0 bridgehead atoms. The van der Waals surface area contributed by atoms with Gasteiger partial charge >= 0.3 is 12.0 Å². The lowest BCUT2D eigenvalue weighted by molar-refractivity contribution is -0.134. The minimum atomic E-state index is -3.70. The fourth-order valence-corrected chi connectivity index (χ4v) is 6.30. The van der Waals surface area contributed by atoms with Crippen LogP contribution in [0.25, 0.3) is 0 Å². The van der Waals surface area contributed by atoms with Crippen molar-refractivity contribution >= 4 is 35.4 Å². The summed E-state index contributed by atoms with van der Waals surface area (Å²) in [5, 5.41) is 21.3. The van der Waals surface area contributed by atoms with Gasteiger partial charge in [0, 0.05) is 29.6 Å². The fraction of sp³-hybridized carbons (Fsp3) is 0.515. The van der Waals surface area contributed by atoms with E-state index in [-0.39, 0.29) is 41.8 Å². The van der Waals surface area contributed by atoms with Gasteiger partial charge in [-0.3, -0.25) is 14.4 Å². The van der Waals surface area contributed by atoms with E-state index in [0.29, 0.717) is 13.0 Å². The smallest absolute Gasteiger partial charge is 0.408 e. The standard InChI is InChI=1S/C33H41ClF2N4O6/c1-2-37-31(44)27(41)25(18-22-15-16-38-29(22)42)39-30(43)26(17-20-9-6-7-10-20)40-32(45)46-28(21-11-4-3-5-12-21)33(35,36)23-13-8-14-24(34)19-23/h3-5,8,11-14,19-20,22,25-28,41H,2,6-7,9-10,15-18H2,1H3,(H,37,44)(H,38,42)(H,39,43)(H,40,45)/t22-,25-,26-,27?,28?/m0/s1. The topological polar surface area (TPSA) is 146 Å². The van der Waals surface area contributed by atoms with Crippen molar-refractivity contribution in [3.05, 3.63) is 70.7 Å². The van der Waals surface area contributed by atoms with Gasteiger partial charge in [0.05, 0.1) is 6.04 Å². The van der Waals surface area contributed by atoms with Crippen molar-refractivity contribution in [2.45, 2.75) is 82.1 Å². The van der Waals surface area contributed by atoms with Crippen molar-refractivity contribution in [2.75, 3.05) is 13.1 Å². The SMILES string of the molecule is CCNC(=O)C(O)[C@H](C[C@@H]1CCNC1=O)NC(=O)[C@H](CC1CCCC1)NC(=O)OC(c1ccccc1)C(F)(F)c1cccc(Cl)c1. The highest BCUT2D eigenvalue weighted by molar-refractivity contribution is 6.30. The molecule has 46 heavy (non-hydrogen) atoms. The number of ether oxygens (including phenoxy) is 1. The van der Waals surface area contributed by atoms with Gasteiger partial charge in [0.1, 0.15) is 6.04 Å². The van der Waals surface area contributed by atoms with Crippen LogP contribution in [0.4, 0.5) is 13.6 Å². The molecule has 250 valence electrons. The first-order valence-electron chi connectivity index (χ1n) is 15.7. The molecule has 2 unspecified atom stereocenters. The Morgan fingerprint density at radius 3 is 2.37 bits per heavy atom. The molecule has 1 saturated heterocycles. The van der Waals surface area contributed by atoms with E-state index in [1.54, 1.807) is 25.1 Å². The van der Waals surface area contributed by atoms with E-state index in [0.717, 1.165) is 31.7 Å². The van der Waals surface area contributed by atoms with Gasteiger partial charge in [-0.1, -0.05) is 79.7 Å². The molecule has 2 aliphatic rings. The van der Waals surface area contributed by atoms with Crippen LogP contribution in [0.1, 0.15) is 69.1 Å². The van der Waals surface area contributed by atoms with Crippen molar-refractivity contribution in [3.8, 4) is 0 Å². The monoisotopic (exact) mass is 662 g/mol. The zero-order chi connectivity index (χ0) is 33.3. The molecule has 5 atom stereocenters. The van der Waals surface area contributed by atoms with Gasteiger partial charge in [0.2, 0.25) is 11.8 Å². The summed E-state index contributed by atoms with van der Waals surface area (Å²) in [4.78, 5) is 51.9. The first kappa shape index (κ1) is 35.1. The highest BCUT2D eigenvalue weighted by atomic mass is 35.5. The summed E-state index contributed by atoms with van der Waals surface area (Å²) >= 11 is 5.99. The van der Waals surface area contributed by atoms with Gasteiger partial charge in [-0.25, -0.2) is 4.79 Å². The molecular formula is C33H41ClF2N4O6. The van der Waals surface area contributed by atoms with Gasteiger partial charge in [0.25, 0.3) is 5.91 Å². The third-order valence-corrected chi connectivity index (χ3v) is 8.78. The number of hydrogen-bond donors (Lipinski definition) is 5. The average molecular weight is 663 g/mol. The molecule has 2 fully saturated rings. The van der Waals surface area contributed by atoms with E-state index in [1.807, 2.05) is 0 Å². The predicted octanol–water partition coefficient (Wildman–Crippen LogP) is 4.36. The van der Waals surface area contributed by atoms with Crippen molar-refractivity contribution in [2.24, 2.45) is 11.8 Å². The van der Waals surface area contributed by atoms with Crippen molar-refractivity contribution in [1.82, 2.24) is 21.3 Å². The van der Waals surface area contributed by atoms with Crippen LogP contribution in [0, 0.1) is 11.8 Å². The van der Waals surface area contributed by atoms with E-state index in [4.69, 9.17) is 16.3 Å². The van der Waals surface area contributed by atoms with E-state index >= 15 is 8.78 Å². The average Bonchev–Trinajstić information content (AvgIpc) is 3.70. The number of nitrogens with one attached hydrogen (secondary N) is 4. The molecular weight excluding hydrogens is 622 g/mol. The van der Waals surface area contributed by atoms with Gasteiger partial charge < -0.3 is 31.1 Å². The van der Waals surface area contributed by atoms with Crippen LogP contribution >= 0.6 is 11.6 Å². The number of aliphatic hydroxyl groups excluding tert-OH is 1. The molecule has 1 aliphatic carbocycles. The second kappa shape index (κ2) is 16.2. The maximum atomic E-state index is 16.0. The zero-order valence-corrected chi connectivity index (χ0v) is 26.4. The van der Waals surface area contributed by atoms with E-state index in [2.05, 4.69) is 21.3 Å². The van der Waals surface area contributed by atoms with Crippen LogP contribution in [0.5, 0.6) is 0 Å². The van der Waals surface area contributed by atoms with Crippen molar-refractivity contribution < 1.29 is 37.8 Å². The quantitative estimate of drug-likeness (QED) is 0.203. The lowest BCUT2D eigenvalue weighted by Gasteiger charge is -2.30. The van der Waals surface area contributed by atoms with E-state index in [1.165, 1.54) is 30.3 Å². The number of likely N-dealkylation sites (N-methyl/N-ethyl adjacent to an activating group) is 1. The Labute approximate surface area is 272 Å². The van der Waals surface area contributed by atoms with E-state index < -0.39 is 59.6 Å². The molecule has 1 heterocycles. The third-order valence-electron chi connectivity index (χ3n) is 8.55. The van der Waals surface area contributed by atoms with Crippen LogP contribution in [0.15, 0.2) is 54.6 Å². The maximum Gasteiger partial charge on any atom is 0.408 e. The summed E-state index contributed by atoms with van der Waals surface area (Å²) in [6, 6.07) is 10.3. The summed E-state index contributed by atoms with van der Waals surface area (Å²) in [5.41, 5.74) is -0.431. The number of carbonyl (C=O) groups is 4. The second-order valence-electron chi connectivity index (χ2n) is 11.9. The Balaban J connectivity index is 1.56. The normalized spacial score (nSPS) is 19.4. The molecule has 0 spiro atoms. The van der Waals surface area contributed by atoms with Gasteiger partial charge in [-0.15, -0.1) is 0 Å². The second-order valence-corrected chi connectivity index (χ2v) is 12.3. The van der Waals surface area contributed by atoms with Gasteiger partial charge in [0.15, 0.2) is 12.2 Å². The lowest BCUT2D eigenvalue weighted by Crippen LogP contribution is -2.56. The molecule has 0 aromatic heterocycles. The number of rotatable bonds is 14. The highest BCUT2D eigenvalue weighted by Gasteiger charge is 2.46. The Kier molecular flexibility index (Phi) is 12.3. The Hall–Kier alpha value is -3.77. The molecule has 1 saturated carbocycles. The minimum Gasteiger partial charge on any atom is -0.434 e. The molecule has 5 N–H and O–H groups in total. The van der Waals surface area contributed by atoms with Crippen molar-refractivity contribution in [3.63, 3.8) is 0 Å². The maximum absolute atomic E-state index is 16.0. The van der Waals surface area contributed by atoms with Gasteiger partial charge in [-0.05, 0) is 49.8 Å². The largest absolute Gasteiger partial charge is 0.434 e. The van der Waals surface area contributed by atoms with Crippen molar-refractivity contribution in [1.29, 1.82) is 0 Å². The zero-order valence-electron chi connectivity index (χ0n) is 25.6. The number of halogens is 3. The number of benzene rings is 2. The van der Waals surface area contributed by atoms with Crippen LogP contribution in [-0.4, -0.2) is 60.2 Å². The predicted molar refractivity (Wildman–Crippen MR) is 167 cm³/mol. The number of alkyl carbamates (subject to hydrolysis) is 1. The first-order chi connectivity index (χ1) is 22.0. The summed E-state index contributed by atoms with van der Waals surface area (Å²) in [6.45, 7) is 2.34. The Morgan fingerprint density at radius 1 is 1.02 bits per heavy atom. The molecule has 2 aromatic carbocycles. The summed E-state index contributed by atoms with van der Waals surface area (Å²) < 4.78 is 37.3. The number of hydrogen-bond acceptors (Lipinski definition) is 6. The third kappa shape index (κ3) is 9.16. The first-order valence-corrected chi connectivity index (χ1v) is 16.1. The highest BCUT2D eigenvalue weighted by Crippen LogP contribution is 2.43. The van der Waals surface area contributed by atoms with Crippen LogP contribution < -0.4 is 21.3 Å². The molecule has 10 nitrogen and oxygen atoms in total. The van der Waals surface area contributed by atoms with Crippen LogP contribution in [0.3, 0.4) is 0 Å². The Bertz CT molecular complexity index is 1360. The number of amides is 4. The molecule has 4 amide bonds. The number of aliphatic hydroxyl groups is 1.